The van der Waals surface area contributed by atoms with Gasteiger partial charge in [0.15, 0.2) is 0 Å². The first-order valence-electron chi connectivity index (χ1n) is 8.30. The Morgan fingerprint density at radius 3 is 2.91 bits per heavy atom. The predicted octanol–water partition coefficient (Wildman–Crippen LogP) is 2.24. The van der Waals surface area contributed by atoms with Crippen LogP contribution in [0.2, 0.25) is 0 Å². The van der Waals surface area contributed by atoms with Crippen molar-refractivity contribution in [3.05, 3.63) is 23.7 Å². The van der Waals surface area contributed by atoms with Gasteiger partial charge in [-0.15, -0.1) is 0 Å². The number of nitrogens with zero attached hydrogens (tertiary/aromatic N) is 1. The molecule has 5 nitrogen and oxygen atoms in total. The second-order valence-electron chi connectivity index (χ2n) is 6.47. The molecule has 0 bridgehead atoms. The third-order valence-corrected chi connectivity index (χ3v) is 4.98. The largest absolute Gasteiger partial charge is 0.464 e. The van der Waals surface area contributed by atoms with Crippen LogP contribution >= 0.6 is 11.8 Å². The Labute approximate surface area is 142 Å². The molecule has 2 rings (SSSR count). The van der Waals surface area contributed by atoms with E-state index in [1.165, 1.54) is 0 Å². The molecule has 130 valence electrons. The molecule has 0 unspecified atom stereocenters. The Bertz CT molecular complexity index is 490. The quantitative estimate of drug-likeness (QED) is 0.711. The Morgan fingerprint density at radius 1 is 1.39 bits per heavy atom. The molecule has 0 radical (unpaired) electrons. The summed E-state index contributed by atoms with van der Waals surface area (Å²) in [5, 5.41) is 12.6. The van der Waals surface area contributed by atoms with Crippen molar-refractivity contribution in [2.45, 2.75) is 44.1 Å². The van der Waals surface area contributed by atoms with Crippen LogP contribution in [0.3, 0.4) is 0 Å². The van der Waals surface area contributed by atoms with E-state index in [1.54, 1.807) is 11.8 Å². The molecule has 0 spiro atoms. The highest BCUT2D eigenvalue weighted by Crippen LogP contribution is 2.24. The van der Waals surface area contributed by atoms with Gasteiger partial charge in [0.2, 0.25) is 5.91 Å². The number of carbonyl (C=O) groups is 1. The molecule has 1 aliphatic rings. The van der Waals surface area contributed by atoms with Crippen molar-refractivity contribution >= 4 is 17.7 Å². The predicted molar refractivity (Wildman–Crippen MR) is 93.2 cm³/mol. The van der Waals surface area contributed by atoms with Crippen LogP contribution < -0.4 is 5.32 Å². The van der Waals surface area contributed by atoms with Crippen molar-refractivity contribution in [3.8, 4) is 0 Å². The van der Waals surface area contributed by atoms with Crippen LogP contribution in [0.15, 0.2) is 16.5 Å². The maximum absolute atomic E-state index is 12.0. The molecule has 0 saturated heterocycles. The summed E-state index contributed by atoms with van der Waals surface area (Å²) < 4.78 is 5.75. The molecule has 2 atom stereocenters. The molecule has 1 aromatic heterocycles. The number of aliphatic hydroxyl groups excluding tert-OH is 1. The molecule has 1 aromatic rings. The SMILES string of the molecule is CN(C)Cc1ccc(CSCCNC(=O)[C@H]2CCC[C@@H](O)C2)o1. The van der Waals surface area contributed by atoms with Gasteiger partial charge in [0, 0.05) is 18.2 Å². The lowest BCUT2D eigenvalue weighted by Gasteiger charge is -2.24. The first-order valence-corrected chi connectivity index (χ1v) is 9.46. The monoisotopic (exact) mass is 340 g/mol. The van der Waals surface area contributed by atoms with E-state index < -0.39 is 0 Å². The van der Waals surface area contributed by atoms with Crippen molar-refractivity contribution in [2.75, 3.05) is 26.4 Å². The highest BCUT2D eigenvalue weighted by atomic mass is 32.2. The van der Waals surface area contributed by atoms with Crippen molar-refractivity contribution in [1.82, 2.24) is 10.2 Å². The van der Waals surface area contributed by atoms with Crippen LogP contribution in [0, 0.1) is 5.92 Å². The lowest BCUT2D eigenvalue weighted by Crippen LogP contribution is -2.36. The van der Waals surface area contributed by atoms with Crippen LogP contribution in [0.5, 0.6) is 0 Å². The Morgan fingerprint density at radius 2 is 2.17 bits per heavy atom. The summed E-state index contributed by atoms with van der Waals surface area (Å²) in [7, 11) is 4.04. The van der Waals surface area contributed by atoms with Crippen molar-refractivity contribution in [3.63, 3.8) is 0 Å². The van der Waals surface area contributed by atoms with Crippen molar-refractivity contribution in [2.24, 2.45) is 5.92 Å². The maximum atomic E-state index is 12.0. The van der Waals surface area contributed by atoms with Gasteiger partial charge in [-0.05, 0) is 45.5 Å². The Kier molecular flexibility index (Phi) is 7.46. The van der Waals surface area contributed by atoms with E-state index >= 15 is 0 Å². The average Bonchev–Trinajstić information content (AvgIpc) is 2.93. The smallest absolute Gasteiger partial charge is 0.223 e. The number of aliphatic hydroxyl groups is 1. The van der Waals surface area contributed by atoms with Crippen LogP contribution in [0.1, 0.15) is 37.2 Å². The number of hydrogen-bond acceptors (Lipinski definition) is 5. The molecule has 1 aliphatic carbocycles. The van der Waals surface area contributed by atoms with Gasteiger partial charge in [-0.1, -0.05) is 6.42 Å². The van der Waals surface area contributed by atoms with Crippen LogP contribution in [0.4, 0.5) is 0 Å². The summed E-state index contributed by atoms with van der Waals surface area (Å²) in [6.45, 7) is 1.48. The molecule has 6 heteroatoms. The Hall–Kier alpha value is -0.980. The van der Waals surface area contributed by atoms with Crippen LogP contribution in [0.25, 0.3) is 0 Å². The lowest BCUT2D eigenvalue weighted by molar-refractivity contribution is -0.127. The van der Waals surface area contributed by atoms with E-state index in [-0.39, 0.29) is 17.9 Å². The van der Waals surface area contributed by atoms with Gasteiger partial charge in [0.05, 0.1) is 18.4 Å². The van der Waals surface area contributed by atoms with Gasteiger partial charge in [0.1, 0.15) is 11.5 Å². The van der Waals surface area contributed by atoms with Gasteiger partial charge in [-0.2, -0.15) is 11.8 Å². The van der Waals surface area contributed by atoms with Gasteiger partial charge in [0.25, 0.3) is 0 Å². The minimum atomic E-state index is -0.302. The number of rotatable bonds is 8. The zero-order chi connectivity index (χ0) is 16.7. The normalized spacial score (nSPS) is 21.6. The first-order chi connectivity index (χ1) is 11.0. The van der Waals surface area contributed by atoms with Crippen LogP contribution in [-0.4, -0.2) is 48.4 Å². The first kappa shape index (κ1) is 18.4. The second-order valence-corrected chi connectivity index (χ2v) is 7.57. The highest BCUT2D eigenvalue weighted by Gasteiger charge is 2.25. The van der Waals surface area contributed by atoms with E-state index in [0.717, 1.165) is 48.8 Å². The summed E-state index contributed by atoms with van der Waals surface area (Å²) in [6.07, 6.45) is 2.99. The third kappa shape index (κ3) is 6.57. The fourth-order valence-corrected chi connectivity index (χ4v) is 3.61. The maximum Gasteiger partial charge on any atom is 0.223 e. The minimum absolute atomic E-state index is 0.0117. The molecule has 1 fully saturated rings. The second kappa shape index (κ2) is 9.35. The number of furan rings is 1. The molecule has 1 saturated carbocycles. The standard InChI is InChI=1S/C17H28N2O3S/c1-19(2)11-15-6-7-16(22-15)12-23-9-8-18-17(21)13-4-3-5-14(20)10-13/h6-7,13-14,20H,3-5,8-12H2,1-2H3,(H,18,21)/t13-,14+/m0/s1. The molecular formula is C17H28N2O3S. The molecule has 1 amide bonds. The Balaban J connectivity index is 1.58. The van der Waals surface area contributed by atoms with E-state index in [2.05, 4.69) is 10.2 Å². The highest BCUT2D eigenvalue weighted by molar-refractivity contribution is 7.98. The van der Waals surface area contributed by atoms with Gasteiger partial charge in [-0.25, -0.2) is 0 Å². The number of nitrogens with one attached hydrogen (secondary N) is 1. The summed E-state index contributed by atoms with van der Waals surface area (Å²) in [5.74, 6) is 3.73. The fourth-order valence-electron chi connectivity index (χ4n) is 2.86. The van der Waals surface area contributed by atoms with Gasteiger partial charge < -0.3 is 19.7 Å². The van der Waals surface area contributed by atoms with Crippen molar-refractivity contribution < 1.29 is 14.3 Å². The van der Waals surface area contributed by atoms with Gasteiger partial charge >= 0.3 is 0 Å². The zero-order valence-electron chi connectivity index (χ0n) is 14.1. The topological polar surface area (TPSA) is 65.7 Å². The van der Waals surface area contributed by atoms with Gasteiger partial charge in [-0.3, -0.25) is 4.79 Å². The summed E-state index contributed by atoms with van der Waals surface area (Å²) >= 11 is 1.76. The van der Waals surface area contributed by atoms with Crippen LogP contribution in [-0.2, 0) is 17.1 Å². The third-order valence-electron chi connectivity index (χ3n) is 4.00. The zero-order valence-corrected chi connectivity index (χ0v) is 14.9. The summed E-state index contributed by atoms with van der Waals surface area (Å²) in [5.41, 5.74) is 0. The average molecular weight is 340 g/mol. The van der Waals surface area contributed by atoms with E-state index in [0.29, 0.717) is 13.0 Å². The van der Waals surface area contributed by atoms with E-state index in [1.807, 2.05) is 26.2 Å². The minimum Gasteiger partial charge on any atom is -0.464 e. The molecular weight excluding hydrogens is 312 g/mol. The number of carbonyl (C=O) groups excluding carboxylic acids is 1. The fraction of sp³-hybridized carbons (Fsp3) is 0.706. The number of hydrogen-bond donors (Lipinski definition) is 2. The molecule has 23 heavy (non-hydrogen) atoms. The van der Waals surface area contributed by atoms with E-state index in [9.17, 15) is 9.90 Å². The summed E-state index contributed by atoms with van der Waals surface area (Å²) in [6, 6.07) is 4.04. The van der Waals surface area contributed by atoms with Crippen molar-refractivity contribution in [1.29, 1.82) is 0 Å². The molecule has 0 aromatic carbocycles. The molecule has 0 aliphatic heterocycles. The number of amides is 1. The molecule has 2 N–H and O–H groups in total. The number of thioether (sulfide) groups is 1. The lowest BCUT2D eigenvalue weighted by atomic mass is 9.87. The summed E-state index contributed by atoms with van der Waals surface area (Å²) in [4.78, 5) is 14.1. The van der Waals surface area contributed by atoms with E-state index in [4.69, 9.17) is 4.42 Å². The molecule has 1 heterocycles.